The van der Waals surface area contributed by atoms with Gasteiger partial charge in [-0.2, -0.15) is 0 Å². The van der Waals surface area contributed by atoms with E-state index in [0.29, 0.717) is 12.0 Å². The van der Waals surface area contributed by atoms with Crippen LogP contribution in [0.15, 0.2) is 18.2 Å². The molecule has 3 atom stereocenters. The average Bonchev–Trinajstić information content (AvgIpc) is 3.12. The van der Waals surface area contributed by atoms with E-state index in [-0.39, 0.29) is 17.8 Å². The molecular weight excluding hydrogens is 249 g/mol. The third-order valence-electron chi connectivity index (χ3n) is 3.49. The van der Waals surface area contributed by atoms with E-state index in [2.05, 4.69) is 5.32 Å². The predicted octanol–water partition coefficient (Wildman–Crippen LogP) is 2.03. The maximum atomic E-state index is 13.2. The van der Waals surface area contributed by atoms with Crippen molar-refractivity contribution in [1.82, 2.24) is 5.32 Å². The molecule has 0 saturated heterocycles. The number of aliphatic carboxylic acids is 1. The van der Waals surface area contributed by atoms with Gasteiger partial charge in [0.1, 0.15) is 5.82 Å². The van der Waals surface area contributed by atoms with Crippen molar-refractivity contribution in [2.45, 2.75) is 26.3 Å². The van der Waals surface area contributed by atoms with Crippen LogP contribution in [0.2, 0.25) is 0 Å². The van der Waals surface area contributed by atoms with Crippen molar-refractivity contribution in [3.05, 3.63) is 35.1 Å². The highest BCUT2D eigenvalue weighted by Crippen LogP contribution is 2.39. The lowest BCUT2D eigenvalue weighted by molar-refractivity contribution is -0.140. The first-order valence-corrected chi connectivity index (χ1v) is 6.19. The molecule has 0 spiro atoms. The number of aryl methyl sites for hydroxylation is 1. The first-order chi connectivity index (χ1) is 8.90. The Labute approximate surface area is 110 Å². The van der Waals surface area contributed by atoms with Crippen LogP contribution >= 0.6 is 0 Å². The van der Waals surface area contributed by atoms with Crippen LogP contribution in [0.1, 0.15) is 30.5 Å². The van der Waals surface area contributed by atoms with Gasteiger partial charge in [-0.15, -0.1) is 0 Å². The van der Waals surface area contributed by atoms with Crippen LogP contribution in [0.3, 0.4) is 0 Å². The topological polar surface area (TPSA) is 66.4 Å². The molecule has 0 bridgehead atoms. The maximum absolute atomic E-state index is 13.2. The summed E-state index contributed by atoms with van der Waals surface area (Å²) in [5.74, 6) is -2.44. The van der Waals surface area contributed by atoms with Crippen LogP contribution in [-0.4, -0.2) is 17.0 Å². The molecule has 102 valence electrons. The molecule has 5 heteroatoms. The fourth-order valence-electron chi connectivity index (χ4n) is 2.10. The van der Waals surface area contributed by atoms with Crippen LogP contribution in [0.25, 0.3) is 0 Å². The van der Waals surface area contributed by atoms with Gasteiger partial charge in [-0.3, -0.25) is 9.59 Å². The van der Waals surface area contributed by atoms with Gasteiger partial charge in [-0.25, -0.2) is 4.39 Å². The molecule has 0 heterocycles. The summed E-state index contributed by atoms with van der Waals surface area (Å²) in [4.78, 5) is 22.5. The van der Waals surface area contributed by atoms with Crippen LogP contribution in [0.5, 0.6) is 0 Å². The zero-order valence-electron chi connectivity index (χ0n) is 10.8. The van der Waals surface area contributed by atoms with Gasteiger partial charge in [0.05, 0.1) is 17.9 Å². The van der Waals surface area contributed by atoms with Gasteiger partial charge in [0.25, 0.3) is 0 Å². The molecule has 1 aliphatic carbocycles. The van der Waals surface area contributed by atoms with Gasteiger partial charge in [-0.1, -0.05) is 12.1 Å². The Balaban J connectivity index is 1.97. The van der Waals surface area contributed by atoms with Gasteiger partial charge < -0.3 is 10.4 Å². The molecule has 1 aromatic carbocycles. The lowest BCUT2D eigenvalue weighted by atomic mass is 10.1. The third kappa shape index (κ3) is 2.92. The van der Waals surface area contributed by atoms with E-state index in [4.69, 9.17) is 5.11 Å². The SMILES string of the molecule is Cc1cc([C@@H](C)NC(=O)[C@@H]2C[C@@H]2C(=O)O)ccc1F. The van der Waals surface area contributed by atoms with Crippen LogP contribution in [0, 0.1) is 24.6 Å². The Kier molecular flexibility index (Phi) is 3.55. The summed E-state index contributed by atoms with van der Waals surface area (Å²) in [7, 11) is 0. The number of amides is 1. The molecule has 1 saturated carbocycles. The lowest BCUT2D eigenvalue weighted by Crippen LogP contribution is -2.29. The first kappa shape index (κ1) is 13.5. The number of carbonyl (C=O) groups excluding carboxylic acids is 1. The maximum Gasteiger partial charge on any atom is 0.307 e. The minimum Gasteiger partial charge on any atom is -0.481 e. The largest absolute Gasteiger partial charge is 0.481 e. The monoisotopic (exact) mass is 265 g/mol. The average molecular weight is 265 g/mol. The quantitative estimate of drug-likeness (QED) is 0.875. The molecule has 0 aliphatic heterocycles. The molecule has 1 aromatic rings. The Morgan fingerprint density at radius 3 is 2.63 bits per heavy atom. The predicted molar refractivity (Wildman–Crippen MR) is 66.9 cm³/mol. The zero-order chi connectivity index (χ0) is 14.2. The highest BCUT2D eigenvalue weighted by Gasteiger charge is 2.48. The fraction of sp³-hybridized carbons (Fsp3) is 0.429. The molecule has 0 radical (unpaired) electrons. The second-order valence-electron chi connectivity index (χ2n) is 5.03. The van der Waals surface area contributed by atoms with Crippen molar-refractivity contribution in [3.63, 3.8) is 0 Å². The number of rotatable bonds is 4. The minimum atomic E-state index is -0.926. The van der Waals surface area contributed by atoms with Crippen LogP contribution < -0.4 is 5.32 Å². The van der Waals surface area contributed by atoms with E-state index >= 15 is 0 Å². The van der Waals surface area contributed by atoms with Crippen LogP contribution in [-0.2, 0) is 9.59 Å². The molecule has 1 fully saturated rings. The van der Waals surface area contributed by atoms with E-state index in [1.165, 1.54) is 6.07 Å². The summed E-state index contributed by atoms with van der Waals surface area (Å²) in [6, 6.07) is 4.41. The first-order valence-electron chi connectivity index (χ1n) is 6.19. The lowest BCUT2D eigenvalue weighted by Gasteiger charge is -2.15. The van der Waals surface area contributed by atoms with Crippen molar-refractivity contribution >= 4 is 11.9 Å². The summed E-state index contributed by atoms with van der Waals surface area (Å²) < 4.78 is 13.2. The second kappa shape index (κ2) is 4.99. The van der Waals surface area contributed by atoms with Crippen LogP contribution in [0.4, 0.5) is 4.39 Å². The Bertz CT molecular complexity index is 529. The zero-order valence-corrected chi connectivity index (χ0v) is 10.8. The fourth-order valence-corrected chi connectivity index (χ4v) is 2.10. The summed E-state index contributed by atoms with van der Waals surface area (Å²) in [6.45, 7) is 3.46. The number of nitrogens with one attached hydrogen (secondary N) is 1. The number of hydrogen-bond acceptors (Lipinski definition) is 2. The van der Waals surface area contributed by atoms with Gasteiger partial charge >= 0.3 is 5.97 Å². The minimum absolute atomic E-state index is 0.248. The number of carbonyl (C=O) groups is 2. The van der Waals surface area contributed by atoms with Gasteiger partial charge in [0, 0.05) is 0 Å². The Morgan fingerprint density at radius 2 is 2.11 bits per heavy atom. The number of benzene rings is 1. The second-order valence-corrected chi connectivity index (χ2v) is 5.03. The van der Waals surface area contributed by atoms with E-state index in [0.717, 1.165) is 5.56 Å². The van der Waals surface area contributed by atoms with Crippen molar-refractivity contribution in [3.8, 4) is 0 Å². The number of carboxylic acids is 1. The standard InChI is InChI=1S/C14H16FNO3/c1-7-5-9(3-4-12(7)15)8(2)16-13(17)10-6-11(10)14(18)19/h3-5,8,10-11H,6H2,1-2H3,(H,16,17)(H,18,19)/t8-,10-,11+/m1/s1. The van der Waals surface area contributed by atoms with E-state index in [1.54, 1.807) is 26.0 Å². The molecule has 1 amide bonds. The number of carboxylic acid groups (broad SMARTS) is 1. The van der Waals surface area contributed by atoms with Crippen molar-refractivity contribution < 1.29 is 19.1 Å². The molecule has 1 aliphatic rings. The molecule has 2 rings (SSSR count). The molecule has 19 heavy (non-hydrogen) atoms. The summed E-state index contributed by atoms with van der Waals surface area (Å²) in [5.41, 5.74) is 1.33. The molecule has 4 nitrogen and oxygen atoms in total. The van der Waals surface area contributed by atoms with Gasteiger partial charge in [-0.05, 0) is 37.5 Å². The Morgan fingerprint density at radius 1 is 1.42 bits per heavy atom. The van der Waals surface area contributed by atoms with Crippen molar-refractivity contribution in [1.29, 1.82) is 0 Å². The number of hydrogen-bond donors (Lipinski definition) is 2. The molecular formula is C14H16FNO3. The van der Waals surface area contributed by atoms with Crippen molar-refractivity contribution in [2.75, 3.05) is 0 Å². The number of halogens is 1. The molecule has 2 N–H and O–H groups in total. The highest BCUT2D eigenvalue weighted by molar-refractivity contribution is 5.89. The molecule has 0 unspecified atom stereocenters. The Hall–Kier alpha value is -1.91. The van der Waals surface area contributed by atoms with E-state index in [1.807, 2.05) is 0 Å². The normalized spacial score (nSPS) is 22.7. The van der Waals surface area contributed by atoms with Gasteiger partial charge in [0.15, 0.2) is 0 Å². The smallest absolute Gasteiger partial charge is 0.307 e. The summed E-state index contributed by atoms with van der Waals surface area (Å²) in [5, 5.41) is 11.5. The van der Waals surface area contributed by atoms with Gasteiger partial charge in [0.2, 0.25) is 5.91 Å². The third-order valence-corrected chi connectivity index (χ3v) is 3.49. The van der Waals surface area contributed by atoms with Crippen molar-refractivity contribution in [2.24, 2.45) is 11.8 Å². The van der Waals surface area contributed by atoms with E-state index < -0.39 is 17.8 Å². The summed E-state index contributed by atoms with van der Waals surface area (Å²) in [6.07, 6.45) is 0.399. The summed E-state index contributed by atoms with van der Waals surface area (Å²) >= 11 is 0. The highest BCUT2D eigenvalue weighted by atomic mass is 19.1. The van der Waals surface area contributed by atoms with E-state index in [9.17, 15) is 14.0 Å². The molecule has 0 aromatic heterocycles.